The molecule has 0 fully saturated rings. The predicted octanol–water partition coefficient (Wildman–Crippen LogP) is 2.18. The highest BCUT2D eigenvalue weighted by molar-refractivity contribution is 5.90. The van der Waals surface area contributed by atoms with Crippen molar-refractivity contribution in [1.82, 2.24) is 5.32 Å². The minimum absolute atomic E-state index is 0.0363. The first-order chi connectivity index (χ1) is 10.3. The van der Waals surface area contributed by atoms with Crippen LogP contribution in [-0.4, -0.2) is 39.4 Å². The molecule has 0 unspecified atom stereocenters. The maximum absolute atomic E-state index is 11.7. The van der Waals surface area contributed by atoms with E-state index in [1.54, 1.807) is 0 Å². The maximum atomic E-state index is 11.7. The first kappa shape index (κ1) is 17.6. The van der Waals surface area contributed by atoms with E-state index in [1.165, 1.54) is 5.56 Å². The number of anilines is 1. The summed E-state index contributed by atoms with van der Waals surface area (Å²) >= 11 is 0. The molecule has 0 saturated heterocycles. The fourth-order valence-electron chi connectivity index (χ4n) is 1.76. The van der Waals surface area contributed by atoms with Gasteiger partial charge >= 0.3 is 0 Å². The van der Waals surface area contributed by atoms with Crippen LogP contribution in [0.15, 0.2) is 24.3 Å². The molecule has 0 spiro atoms. The Kier molecular flexibility index (Phi) is 9.44. The lowest BCUT2D eigenvalue weighted by atomic mass is 10.2. The van der Waals surface area contributed by atoms with E-state index in [1.807, 2.05) is 31.3 Å². The molecule has 5 heteroatoms. The molecule has 0 aliphatic heterocycles. The van der Waals surface area contributed by atoms with Crippen LogP contribution in [0.2, 0.25) is 0 Å². The summed E-state index contributed by atoms with van der Waals surface area (Å²) in [4.78, 5) is 11.7. The van der Waals surface area contributed by atoms with Gasteiger partial charge in [0.25, 0.3) is 0 Å². The molecule has 1 aromatic rings. The molecule has 0 aromatic heterocycles. The number of nitrogens with one attached hydrogen (secondary N) is 2. The lowest BCUT2D eigenvalue weighted by Crippen LogP contribution is -2.15. The van der Waals surface area contributed by atoms with Gasteiger partial charge in [-0.2, -0.15) is 0 Å². The topological polar surface area (TPSA) is 59.6 Å². The zero-order valence-electron chi connectivity index (χ0n) is 13.0. The molecule has 1 aromatic carbocycles. The third-order valence-electron chi connectivity index (χ3n) is 2.81. The van der Waals surface area contributed by atoms with Gasteiger partial charge in [0, 0.05) is 18.8 Å². The Hall–Kier alpha value is -1.43. The molecular weight excluding hydrogens is 268 g/mol. The molecule has 21 heavy (non-hydrogen) atoms. The zero-order valence-corrected chi connectivity index (χ0v) is 13.0. The van der Waals surface area contributed by atoms with Crippen molar-refractivity contribution in [2.45, 2.75) is 26.3 Å². The smallest absolute Gasteiger partial charge is 0.226 e. The number of carbonyl (C=O) groups excluding carboxylic acids is 1. The third-order valence-corrected chi connectivity index (χ3v) is 2.81. The van der Waals surface area contributed by atoms with E-state index in [0.29, 0.717) is 26.2 Å². The number of amides is 1. The average molecular weight is 294 g/mol. The van der Waals surface area contributed by atoms with Crippen LogP contribution in [0.1, 0.15) is 25.3 Å². The second kappa shape index (κ2) is 11.3. The Balaban J connectivity index is 2.12. The van der Waals surface area contributed by atoms with Gasteiger partial charge in [0.05, 0.1) is 26.2 Å². The lowest BCUT2D eigenvalue weighted by Gasteiger charge is -2.07. The lowest BCUT2D eigenvalue weighted by molar-refractivity contribution is -0.117. The highest BCUT2D eigenvalue weighted by Crippen LogP contribution is 2.09. The van der Waals surface area contributed by atoms with E-state index in [-0.39, 0.29) is 5.91 Å². The zero-order chi connectivity index (χ0) is 15.3. The Labute approximate surface area is 127 Å². The number of hydrogen-bond donors (Lipinski definition) is 2. The molecule has 0 radical (unpaired) electrons. The number of carbonyl (C=O) groups is 1. The summed E-state index contributed by atoms with van der Waals surface area (Å²) in [6.07, 6.45) is 1.36. The average Bonchev–Trinajstić information content (AvgIpc) is 2.49. The maximum Gasteiger partial charge on any atom is 0.226 e. The first-order valence-electron chi connectivity index (χ1n) is 7.45. The van der Waals surface area contributed by atoms with Crippen LogP contribution in [0.3, 0.4) is 0 Å². The van der Waals surface area contributed by atoms with Gasteiger partial charge in [-0.3, -0.25) is 4.79 Å². The summed E-state index contributed by atoms with van der Waals surface area (Å²) < 4.78 is 10.6. The normalized spacial score (nSPS) is 10.6. The van der Waals surface area contributed by atoms with Gasteiger partial charge in [-0.05, 0) is 31.2 Å². The number of hydrogen-bond acceptors (Lipinski definition) is 4. The van der Waals surface area contributed by atoms with E-state index in [0.717, 1.165) is 25.3 Å². The van der Waals surface area contributed by atoms with Crippen molar-refractivity contribution in [3.8, 4) is 0 Å². The fourth-order valence-corrected chi connectivity index (χ4v) is 1.76. The van der Waals surface area contributed by atoms with Crippen LogP contribution >= 0.6 is 0 Å². The Morgan fingerprint density at radius 3 is 2.33 bits per heavy atom. The van der Waals surface area contributed by atoms with E-state index in [2.05, 4.69) is 17.6 Å². The summed E-state index contributed by atoms with van der Waals surface area (Å²) in [6, 6.07) is 7.80. The van der Waals surface area contributed by atoms with Crippen LogP contribution in [0.25, 0.3) is 0 Å². The molecule has 118 valence electrons. The van der Waals surface area contributed by atoms with Gasteiger partial charge < -0.3 is 20.1 Å². The molecule has 0 aliphatic carbocycles. The first-order valence-corrected chi connectivity index (χ1v) is 7.45. The van der Waals surface area contributed by atoms with E-state index in [4.69, 9.17) is 9.47 Å². The molecular formula is C16H26N2O3. The summed E-state index contributed by atoms with van der Waals surface area (Å²) in [5.41, 5.74) is 2.00. The summed E-state index contributed by atoms with van der Waals surface area (Å²) in [5, 5.41) is 5.93. The summed E-state index contributed by atoms with van der Waals surface area (Å²) in [6.45, 7) is 5.18. The van der Waals surface area contributed by atoms with Gasteiger partial charge in [0.1, 0.15) is 0 Å². The SMILES string of the molecule is CCCOCCOCCC(=O)Nc1ccc(CNC)cc1. The van der Waals surface area contributed by atoms with Crippen molar-refractivity contribution in [3.05, 3.63) is 29.8 Å². The van der Waals surface area contributed by atoms with Gasteiger partial charge in [0.2, 0.25) is 5.91 Å². The van der Waals surface area contributed by atoms with Crippen LogP contribution in [0.5, 0.6) is 0 Å². The monoisotopic (exact) mass is 294 g/mol. The Morgan fingerprint density at radius 1 is 1.05 bits per heavy atom. The highest BCUT2D eigenvalue weighted by Gasteiger charge is 2.02. The standard InChI is InChI=1S/C16H26N2O3/c1-3-9-20-11-12-21-10-8-16(19)18-15-6-4-14(5-7-15)13-17-2/h4-7,17H,3,8-13H2,1-2H3,(H,18,19). The minimum Gasteiger partial charge on any atom is -0.379 e. The number of benzene rings is 1. The van der Waals surface area contributed by atoms with Crippen molar-refractivity contribution in [2.75, 3.05) is 38.8 Å². The largest absolute Gasteiger partial charge is 0.379 e. The van der Waals surface area contributed by atoms with Crippen molar-refractivity contribution in [2.24, 2.45) is 0 Å². The van der Waals surface area contributed by atoms with Crippen molar-refractivity contribution >= 4 is 11.6 Å². The second-order valence-electron chi connectivity index (χ2n) is 4.75. The number of ether oxygens (including phenoxy) is 2. The quantitative estimate of drug-likeness (QED) is 0.614. The van der Waals surface area contributed by atoms with Crippen molar-refractivity contribution in [3.63, 3.8) is 0 Å². The van der Waals surface area contributed by atoms with Crippen LogP contribution < -0.4 is 10.6 Å². The fraction of sp³-hybridized carbons (Fsp3) is 0.562. The predicted molar refractivity (Wildman–Crippen MR) is 84.4 cm³/mol. The van der Waals surface area contributed by atoms with Crippen molar-refractivity contribution < 1.29 is 14.3 Å². The Bertz CT molecular complexity index is 393. The minimum atomic E-state index is -0.0363. The van der Waals surface area contributed by atoms with Crippen LogP contribution in [-0.2, 0) is 20.8 Å². The molecule has 0 atom stereocenters. The second-order valence-corrected chi connectivity index (χ2v) is 4.75. The number of rotatable bonds is 11. The van der Waals surface area contributed by atoms with Crippen molar-refractivity contribution in [1.29, 1.82) is 0 Å². The van der Waals surface area contributed by atoms with E-state index >= 15 is 0 Å². The van der Waals surface area contributed by atoms with Gasteiger partial charge in [0.15, 0.2) is 0 Å². The third kappa shape index (κ3) is 8.45. The van der Waals surface area contributed by atoms with Gasteiger partial charge in [-0.15, -0.1) is 0 Å². The van der Waals surface area contributed by atoms with E-state index in [9.17, 15) is 4.79 Å². The molecule has 5 nitrogen and oxygen atoms in total. The van der Waals surface area contributed by atoms with Gasteiger partial charge in [-0.1, -0.05) is 19.1 Å². The molecule has 0 aliphatic rings. The molecule has 1 amide bonds. The Morgan fingerprint density at radius 2 is 1.71 bits per heavy atom. The summed E-state index contributed by atoms with van der Waals surface area (Å²) in [5.74, 6) is -0.0363. The summed E-state index contributed by atoms with van der Waals surface area (Å²) in [7, 11) is 1.91. The molecule has 0 bridgehead atoms. The van der Waals surface area contributed by atoms with Crippen LogP contribution in [0, 0.1) is 0 Å². The van der Waals surface area contributed by atoms with Gasteiger partial charge in [-0.25, -0.2) is 0 Å². The highest BCUT2D eigenvalue weighted by atomic mass is 16.5. The van der Waals surface area contributed by atoms with Crippen LogP contribution in [0.4, 0.5) is 5.69 Å². The molecule has 0 heterocycles. The van der Waals surface area contributed by atoms with E-state index < -0.39 is 0 Å². The molecule has 2 N–H and O–H groups in total. The molecule has 1 rings (SSSR count). The molecule has 0 saturated carbocycles.